The molecule has 0 bridgehead atoms. The molecule has 0 spiro atoms. The number of hydrogen-bond acceptors (Lipinski definition) is 5. The highest BCUT2D eigenvalue weighted by molar-refractivity contribution is 9.10. The Morgan fingerprint density at radius 3 is 2.90 bits per heavy atom. The van der Waals surface area contributed by atoms with Gasteiger partial charge in [-0.15, -0.1) is 0 Å². The summed E-state index contributed by atoms with van der Waals surface area (Å²) in [6, 6.07) is 1.76. The molecule has 6 nitrogen and oxygen atoms in total. The van der Waals surface area contributed by atoms with Crippen molar-refractivity contribution in [2.24, 2.45) is 0 Å². The van der Waals surface area contributed by atoms with Gasteiger partial charge < -0.3 is 10.1 Å². The molecule has 2 aromatic rings. The molecule has 0 amide bonds. The van der Waals surface area contributed by atoms with E-state index in [1.54, 1.807) is 7.11 Å². The maximum absolute atomic E-state index is 5.16. The fourth-order valence-corrected chi connectivity index (χ4v) is 2.62. The molecule has 1 unspecified atom stereocenters. The molecule has 2 aromatic heterocycles. The molecule has 1 atom stereocenters. The smallest absolute Gasteiger partial charge is 0.216 e. The van der Waals surface area contributed by atoms with Crippen molar-refractivity contribution in [1.29, 1.82) is 0 Å². The predicted molar refractivity (Wildman–Crippen MR) is 79.7 cm³/mol. The van der Waals surface area contributed by atoms with Crippen molar-refractivity contribution in [3.05, 3.63) is 34.5 Å². The molecule has 0 saturated heterocycles. The molecule has 2 rings (SSSR count). The van der Waals surface area contributed by atoms with Gasteiger partial charge in [0.15, 0.2) is 0 Å². The van der Waals surface area contributed by atoms with Crippen LogP contribution in [0.25, 0.3) is 0 Å². The number of rotatable bonds is 6. The number of aromatic nitrogens is 4. The van der Waals surface area contributed by atoms with Crippen molar-refractivity contribution >= 4 is 15.9 Å². The zero-order chi connectivity index (χ0) is 14.5. The number of nitrogens with zero attached hydrogens (tertiary/aromatic N) is 4. The second kappa shape index (κ2) is 6.81. The van der Waals surface area contributed by atoms with Crippen molar-refractivity contribution in [2.45, 2.75) is 25.9 Å². The molecule has 0 fully saturated rings. The molecule has 0 radical (unpaired) electrons. The van der Waals surface area contributed by atoms with Gasteiger partial charge in [-0.25, -0.2) is 9.97 Å². The second-order valence-corrected chi connectivity index (χ2v) is 5.16. The quantitative estimate of drug-likeness (QED) is 0.873. The summed E-state index contributed by atoms with van der Waals surface area (Å²) in [6.07, 6.45) is 4.34. The first-order valence-corrected chi connectivity index (χ1v) is 7.25. The molecule has 108 valence electrons. The summed E-state index contributed by atoms with van der Waals surface area (Å²) in [5, 5.41) is 7.67. The summed E-state index contributed by atoms with van der Waals surface area (Å²) in [7, 11) is 3.49. The van der Waals surface area contributed by atoms with E-state index in [1.165, 1.54) is 6.33 Å². The fourth-order valence-electron chi connectivity index (χ4n) is 2.10. The maximum atomic E-state index is 5.16. The summed E-state index contributed by atoms with van der Waals surface area (Å²) in [6.45, 7) is 2.99. The van der Waals surface area contributed by atoms with Crippen molar-refractivity contribution in [3.8, 4) is 5.88 Å². The van der Waals surface area contributed by atoms with Gasteiger partial charge >= 0.3 is 0 Å². The largest absolute Gasteiger partial charge is 0.481 e. The van der Waals surface area contributed by atoms with E-state index >= 15 is 0 Å². The molecule has 1 N–H and O–H groups in total. The van der Waals surface area contributed by atoms with Crippen LogP contribution in [0.15, 0.2) is 23.1 Å². The van der Waals surface area contributed by atoms with Crippen LogP contribution in [0.3, 0.4) is 0 Å². The van der Waals surface area contributed by atoms with Crippen LogP contribution < -0.4 is 10.1 Å². The minimum atomic E-state index is -0.0738. The van der Waals surface area contributed by atoms with Crippen molar-refractivity contribution in [2.75, 3.05) is 14.2 Å². The molecule has 7 heteroatoms. The van der Waals surface area contributed by atoms with Crippen molar-refractivity contribution in [1.82, 2.24) is 25.1 Å². The van der Waals surface area contributed by atoms with Gasteiger partial charge in [0.1, 0.15) is 6.33 Å². The lowest BCUT2D eigenvalue weighted by atomic mass is 10.1. The molecular weight excluding hydrogens is 322 g/mol. The van der Waals surface area contributed by atoms with Crippen LogP contribution >= 0.6 is 15.9 Å². The monoisotopic (exact) mass is 339 g/mol. The highest BCUT2D eigenvalue weighted by Crippen LogP contribution is 2.28. The molecule has 0 aromatic carbocycles. The minimum absolute atomic E-state index is 0.0738. The van der Waals surface area contributed by atoms with Gasteiger partial charge in [-0.2, -0.15) is 5.10 Å². The Labute approximate surface area is 126 Å². The Morgan fingerprint density at radius 1 is 1.45 bits per heavy atom. The van der Waals surface area contributed by atoms with Crippen LogP contribution in [0.2, 0.25) is 0 Å². The van der Waals surface area contributed by atoms with Crippen LogP contribution in [0.5, 0.6) is 5.88 Å². The van der Waals surface area contributed by atoms with Gasteiger partial charge in [0.2, 0.25) is 5.88 Å². The summed E-state index contributed by atoms with van der Waals surface area (Å²) in [5.74, 6) is 0.549. The van der Waals surface area contributed by atoms with Gasteiger partial charge in [0.25, 0.3) is 0 Å². The topological polar surface area (TPSA) is 64.9 Å². The van der Waals surface area contributed by atoms with E-state index in [1.807, 2.05) is 24.0 Å². The van der Waals surface area contributed by atoms with Gasteiger partial charge in [0, 0.05) is 12.6 Å². The highest BCUT2D eigenvalue weighted by atomic mass is 79.9. The average Bonchev–Trinajstić information content (AvgIpc) is 2.82. The number of ether oxygens (including phenoxy) is 1. The van der Waals surface area contributed by atoms with Gasteiger partial charge in [0.05, 0.1) is 35.2 Å². The first kappa shape index (κ1) is 14.9. The number of nitrogens with one attached hydrogen (secondary N) is 1. The summed E-state index contributed by atoms with van der Waals surface area (Å²) in [5.41, 5.74) is 1.90. The molecule has 0 saturated carbocycles. The fraction of sp³-hybridized carbons (Fsp3) is 0.462. The van der Waals surface area contributed by atoms with Crippen LogP contribution in [0.4, 0.5) is 0 Å². The van der Waals surface area contributed by atoms with Crippen molar-refractivity contribution < 1.29 is 4.74 Å². The number of methoxy groups -OCH3 is 1. The normalized spacial score (nSPS) is 12.4. The molecule has 20 heavy (non-hydrogen) atoms. The van der Waals surface area contributed by atoms with Crippen LogP contribution in [-0.4, -0.2) is 33.9 Å². The van der Waals surface area contributed by atoms with Crippen LogP contribution in [0, 0.1) is 0 Å². The Morgan fingerprint density at radius 2 is 2.25 bits per heavy atom. The van der Waals surface area contributed by atoms with Crippen molar-refractivity contribution in [3.63, 3.8) is 0 Å². The minimum Gasteiger partial charge on any atom is -0.481 e. The lowest BCUT2D eigenvalue weighted by molar-refractivity contribution is 0.394. The lowest BCUT2D eigenvalue weighted by Gasteiger charge is -2.18. The molecule has 2 heterocycles. The zero-order valence-electron chi connectivity index (χ0n) is 11.8. The van der Waals surface area contributed by atoms with E-state index in [0.29, 0.717) is 5.88 Å². The molecule has 0 aliphatic rings. The Balaban J connectivity index is 2.43. The third kappa shape index (κ3) is 2.99. The van der Waals surface area contributed by atoms with Crippen LogP contribution in [-0.2, 0) is 6.54 Å². The van der Waals surface area contributed by atoms with Gasteiger partial charge in [-0.1, -0.05) is 6.92 Å². The van der Waals surface area contributed by atoms with E-state index in [0.717, 1.165) is 28.8 Å². The summed E-state index contributed by atoms with van der Waals surface area (Å²) in [4.78, 5) is 8.38. The SMILES string of the molecule is CCCn1ncc(Br)c1C(NC)c1cc(OC)ncn1. The molecule has 0 aliphatic carbocycles. The Bertz CT molecular complexity index is 572. The zero-order valence-corrected chi connectivity index (χ0v) is 13.4. The standard InChI is InChI=1S/C13H18BrN5O/c1-4-5-19-13(9(14)7-18-19)12(15-2)10-6-11(20-3)17-8-16-10/h6-8,12,15H,4-5H2,1-3H3. The average molecular weight is 340 g/mol. The highest BCUT2D eigenvalue weighted by Gasteiger charge is 2.22. The first-order valence-electron chi connectivity index (χ1n) is 6.45. The molecular formula is C13H18BrN5O. The van der Waals surface area contributed by atoms with E-state index in [-0.39, 0.29) is 6.04 Å². The second-order valence-electron chi connectivity index (χ2n) is 4.31. The summed E-state index contributed by atoms with van der Waals surface area (Å²) < 4.78 is 8.11. The first-order chi connectivity index (χ1) is 9.71. The summed E-state index contributed by atoms with van der Waals surface area (Å²) >= 11 is 3.56. The van der Waals surface area contributed by atoms with E-state index in [4.69, 9.17) is 4.74 Å². The number of hydrogen-bond donors (Lipinski definition) is 1. The third-order valence-corrected chi connectivity index (χ3v) is 3.61. The van der Waals surface area contributed by atoms with E-state index in [9.17, 15) is 0 Å². The van der Waals surface area contributed by atoms with Crippen LogP contribution in [0.1, 0.15) is 30.8 Å². The number of aryl methyl sites for hydroxylation is 1. The molecule has 0 aliphatic heterocycles. The Hall–Kier alpha value is -1.47. The lowest BCUT2D eigenvalue weighted by Crippen LogP contribution is -2.23. The number of halogens is 1. The maximum Gasteiger partial charge on any atom is 0.216 e. The van der Waals surface area contributed by atoms with E-state index < -0.39 is 0 Å². The van der Waals surface area contributed by atoms with Gasteiger partial charge in [-0.3, -0.25) is 4.68 Å². The third-order valence-electron chi connectivity index (χ3n) is 3.00. The Kier molecular flexibility index (Phi) is 5.08. The van der Waals surface area contributed by atoms with E-state index in [2.05, 4.69) is 43.2 Å². The van der Waals surface area contributed by atoms with Gasteiger partial charge in [-0.05, 0) is 29.4 Å². The predicted octanol–water partition coefficient (Wildman–Crippen LogP) is 2.16.